The molecular weight excluding hydrogens is 348 g/mol. The zero-order valence-electron chi connectivity index (χ0n) is 9.15. The third kappa shape index (κ3) is 3.26. The summed E-state index contributed by atoms with van der Waals surface area (Å²) in [4.78, 5) is 0. The topological polar surface area (TPSA) is 35.0 Å². The van der Waals surface area contributed by atoms with E-state index < -0.39 is 0 Å². The molecule has 0 saturated heterocycles. The van der Waals surface area contributed by atoms with E-state index in [4.69, 9.17) is 4.74 Å². The Balaban J connectivity index is 2.22. The SMILES string of the molecule is COc1nnc(Cc2cccc(Br)c2)cc1Br. The van der Waals surface area contributed by atoms with E-state index in [1.54, 1.807) is 7.11 Å². The largest absolute Gasteiger partial charge is 0.479 e. The smallest absolute Gasteiger partial charge is 0.247 e. The molecule has 2 aromatic rings. The van der Waals surface area contributed by atoms with Gasteiger partial charge in [0.1, 0.15) is 0 Å². The van der Waals surface area contributed by atoms with Crippen LogP contribution in [0.4, 0.5) is 0 Å². The van der Waals surface area contributed by atoms with Gasteiger partial charge in [0.15, 0.2) is 0 Å². The van der Waals surface area contributed by atoms with Crippen LogP contribution in [0.5, 0.6) is 5.88 Å². The molecular formula is C12H10Br2N2O. The predicted octanol–water partition coefficient (Wildman–Crippen LogP) is 3.60. The zero-order valence-corrected chi connectivity index (χ0v) is 12.3. The van der Waals surface area contributed by atoms with Gasteiger partial charge in [-0.15, -0.1) is 5.10 Å². The van der Waals surface area contributed by atoms with Crippen LogP contribution in [0.25, 0.3) is 0 Å². The van der Waals surface area contributed by atoms with Crippen molar-refractivity contribution in [2.24, 2.45) is 0 Å². The van der Waals surface area contributed by atoms with Crippen molar-refractivity contribution in [3.8, 4) is 5.88 Å². The van der Waals surface area contributed by atoms with Crippen molar-refractivity contribution >= 4 is 31.9 Å². The van der Waals surface area contributed by atoms with E-state index in [1.807, 2.05) is 18.2 Å². The highest BCUT2D eigenvalue weighted by atomic mass is 79.9. The molecule has 88 valence electrons. The van der Waals surface area contributed by atoms with Crippen molar-refractivity contribution in [2.75, 3.05) is 7.11 Å². The molecule has 1 aromatic heterocycles. The van der Waals surface area contributed by atoms with Crippen molar-refractivity contribution < 1.29 is 4.74 Å². The summed E-state index contributed by atoms with van der Waals surface area (Å²) in [6.45, 7) is 0. The predicted molar refractivity (Wildman–Crippen MR) is 73.2 cm³/mol. The molecule has 0 bridgehead atoms. The van der Waals surface area contributed by atoms with Gasteiger partial charge in [-0.1, -0.05) is 28.1 Å². The number of methoxy groups -OCH3 is 1. The molecule has 0 fully saturated rings. The highest BCUT2D eigenvalue weighted by Crippen LogP contribution is 2.22. The van der Waals surface area contributed by atoms with E-state index in [2.05, 4.69) is 54.2 Å². The first kappa shape index (κ1) is 12.5. The molecule has 0 aliphatic heterocycles. The van der Waals surface area contributed by atoms with Gasteiger partial charge in [0.2, 0.25) is 5.88 Å². The molecule has 0 saturated carbocycles. The Morgan fingerprint density at radius 2 is 2.00 bits per heavy atom. The number of nitrogens with zero attached hydrogens (tertiary/aromatic N) is 2. The summed E-state index contributed by atoms with van der Waals surface area (Å²) in [5.41, 5.74) is 2.08. The standard InChI is InChI=1S/C12H10Br2N2O/c1-17-12-11(14)7-10(15-16-12)6-8-3-2-4-9(13)5-8/h2-5,7H,6H2,1H3. The fourth-order valence-electron chi connectivity index (χ4n) is 1.48. The van der Waals surface area contributed by atoms with Gasteiger partial charge in [-0.3, -0.25) is 0 Å². The summed E-state index contributed by atoms with van der Waals surface area (Å²) in [7, 11) is 1.57. The Labute approximate surface area is 116 Å². The van der Waals surface area contributed by atoms with Gasteiger partial charge in [-0.25, -0.2) is 0 Å². The summed E-state index contributed by atoms with van der Waals surface area (Å²) in [5.74, 6) is 0.503. The minimum Gasteiger partial charge on any atom is -0.479 e. The van der Waals surface area contributed by atoms with Gasteiger partial charge < -0.3 is 4.74 Å². The van der Waals surface area contributed by atoms with Crippen LogP contribution in [0.2, 0.25) is 0 Å². The van der Waals surface area contributed by atoms with Gasteiger partial charge in [0, 0.05) is 10.9 Å². The second-order valence-corrected chi connectivity index (χ2v) is 5.27. The summed E-state index contributed by atoms with van der Waals surface area (Å²) >= 11 is 6.85. The van der Waals surface area contributed by atoms with Crippen LogP contribution in [0, 0.1) is 0 Å². The second-order valence-electron chi connectivity index (χ2n) is 3.50. The minimum atomic E-state index is 0.503. The molecule has 17 heavy (non-hydrogen) atoms. The Kier molecular flexibility index (Phi) is 4.12. The Hall–Kier alpha value is -0.940. The van der Waals surface area contributed by atoms with Gasteiger partial charge >= 0.3 is 0 Å². The lowest BCUT2D eigenvalue weighted by molar-refractivity contribution is 0.388. The van der Waals surface area contributed by atoms with Crippen molar-refractivity contribution in [3.05, 3.63) is 50.5 Å². The monoisotopic (exact) mass is 356 g/mol. The molecule has 0 radical (unpaired) electrons. The molecule has 0 unspecified atom stereocenters. The number of rotatable bonds is 3. The fourth-order valence-corrected chi connectivity index (χ4v) is 2.43. The summed E-state index contributed by atoms with van der Waals surface area (Å²) in [5, 5.41) is 8.10. The minimum absolute atomic E-state index is 0.503. The van der Waals surface area contributed by atoms with Crippen LogP contribution in [-0.2, 0) is 6.42 Å². The molecule has 0 spiro atoms. The molecule has 1 aromatic carbocycles. The summed E-state index contributed by atoms with van der Waals surface area (Å²) in [6.07, 6.45) is 0.745. The number of hydrogen-bond acceptors (Lipinski definition) is 3. The molecule has 0 aliphatic carbocycles. The van der Waals surface area contributed by atoms with Gasteiger partial charge in [-0.2, -0.15) is 5.10 Å². The average molecular weight is 358 g/mol. The number of aromatic nitrogens is 2. The summed E-state index contributed by atoms with van der Waals surface area (Å²) in [6, 6.07) is 10.1. The number of hydrogen-bond donors (Lipinski definition) is 0. The average Bonchev–Trinajstić information content (AvgIpc) is 2.29. The first-order valence-electron chi connectivity index (χ1n) is 4.99. The van der Waals surface area contributed by atoms with E-state index in [-0.39, 0.29) is 0 Å². The summed E-state index contributed by atoms with van der Waals surface area (Å²) < 4.78 is 6.93. The maximum Gasteiger partial charge on any atom is 0.247 e. The number of benzene rings is 1. The number of halogens is 2. The van der Waals surface area contributed by atoms with Gasteiger partial charge in [0.25, 0.3) is 0 Å². The molecule has 0 atom stereocenters. The Morgan fingerprint density at radius 1 is 1.18 bits per heavy atom. The van der Waals surface area contributed by atoms with Crippen molar-refractivity contribution in [3.63, 3.8) is 0 Å². The molecule has 0 aliphatic rings. The Bertz CT molecular complexity index is 532. The normalized spacial score (nSPS) is 10.3. The molecule has 0 N–H and O–H groups in total. The molecule has 3 nitrogen and oxygen atoms in total. The van der Waals surface area contributed by atoms with Crippen LogP contribution < -0.4 is 4.74 Å². The van der Waals surface area contributed by atoms with E-state index in [0.29, 0.717) is 5.88 Å². The highest BCUT2D eigenvalue weighted by molar-refractivity contribution is 9.10. The lowest BCUT2D eigenvalue weighted by Crippen LogP contribution is -1.98. The molecule has 1 heterocycles. The van der Waals surface area contributed by atoms with Crippen LogP contribution >= 0.6 is 31.9 Å². The fraction of sp³-hybridized carbons (Fsp3) is 0.167. The van der Waals surface area contributed by atoms with Crippen LogP contribution in [-0.4, -0.2) is 17.3 Å². The first-order chi connectivity index (χ1) is 8.19. The zero-order chi connectivity index (χ0) is 12.3. The van der Waals surface area contributed by atoms with Gasteiger partial charge in [-0.05, 0) is 39.7 Å². The van der Waals surface area contributed by atoms with E-state index in [1.165, 1.54) is 5.56 Å². The third-order valence-corrected chi connectivity index (χ3v) is 3.30. The highest BCUT2D eigenvalue weighted by Gasteiger charge is 2.05. The van der Waals surface area contributed by atoms with E-state index in [0.717, 1.165) is 21.1 Å². The molecule has 2 rings (SSSR count). The lowest BCUT2D eigenvalue weighted by atomic mass is 10.1. The second kappa shape index (κ2) is 5.60. The van der Waals surface area contributed by atoms with Crippen molar-refractivity contribution in [2.45, 2.75) is 6.42 Å². The van der Waals surface area contributed by atoms with Gasteiger partial charge in [0.05, 0.1) is 17.3 Å². The molecule has 0 amide bonds. The van der Waals surface area contributed by atoms with E-state index in [9.17, 15) is 0 Å². The van der Waals surface area contributed by atoms with Crippen LogP contribution in [0.1, 0.15) is 11.3 Å². The lowest BCUT2D eigenvalue weighted by Gasteiger charge is -2.04. The third-order valence-electron chi connectivity index (χ3n) is 2.23. The molecule has 5 heteroatoms. The quantitative estimate of drug-likeness (QED) is 0.841. The maximum absolute atomic E-state index is 5.04. The Morgan fingerprint density at radius 3 is 2.65 bits per heavy atom. The maximum atomic E-state index is 5.04. The van der Waals surface area contributed by atoms with Crippen LogP contribution in [0.15, 0.2) is 39.3 Å². The van der Waals surface area contributed by atoms with Crippen molar-refractivity contribution in [1.82, 2.24) is 10.2 Å². The van der Waals surface area contributed by atoms with Crippen molar-refractivity contribution in [1.29, 1.82) is 0 Å². The first-order valence-corrected chi connectivity index (χ1v) is 6.58. The number of ether oxygens (including phenoxy) is 1. The van der Waals surface area contributed by atoms with Crippen LogP contribution in [0.3, 0.4) is 0 Å². The van der Waals surface area contributed by atoms with E-state index >= 15 is 0 Å².